The maximum Gasteiger partial charge on any atom is 0.272 e. The van der Waals surface area contributed by atoms with Gasteiger partial charge in [0.2, 0.25) is 5.91 Å². The summed E-state index contributed by atoms with van der Waals surface area (Å²) >= 11 is 0. The maximum absolute atomic E-state index is 12.2. The van der Waals surface area contributed by atoms with E-state index in [1.807, 2.05) is 0 Å². The monoisotopic (exact) mass is 311 g/mol. The molecular formula is C16H13N3O4. The van der Waals surface area contributed by atoms with Crippen LogP contribution in [-0.2, 0) is 11.2 Å². The first-order chi connectivity index (χ1) is 10.9. The summed E-state index contributed by atoms with van der Waals surface area (Å²) < 4.78 is 0. The smallest absolute Gasteiger partial charge is 0.272 e. The highest BCUT2D eigenvalue weighted by atomic mass is 16.6. The zero-order chi connectivity index (χ0) is 16.6. The molecule has 2 amide bonds. The lowest BCUT2D eigenvalue weighted by atomic mass is 10.1. The molecule has 0 bridgehead atoms. The van der Waals surface area contributed by atoms with Crippen molar-refractivity contribution in [1.29, 1.82) is 0 Å². The van der Waals surface area contributed by atoms with Gasteiger partial charge in [0.1, 0.15) is 0 Å². The number of carbonyl (C=O) groups excluding carboxylic acids is 2. The highest BCUT2D eigenvalue weighted by Gasteiger charge is 2.18. The van der Waals surface area contributed by atoms with Gasteiger partial charge in [0.05, 0.1) is 11.3 Å². The third-order valence-corrected chi connectivity index (χ3v) is 3.64. The Morgan fingerprint density at radius 3 is 2.74 bits per heavy atom. The third-order valence-electron chi connectivity index (χ3n) is 3.64. The van der Waals surface area contributed by atoms with E-state index in [4.69, 9.17) is 0 Å². The Bertz CT molecular complexity index is 845. The van der Waals surface area contributed by atoms with E-state index in [0.717, 1.165) is 11.3 Å². The van der Waals surface area contributed by atoms with Crippen molar-refractivity contribution in [3.05, 3.63) is 63.2 Å². The number of amides is 2. The number of aryl methyl sites for hydroxylation is 1. The molecule has 23 heavy (non-hydrogen) atoms. The van der Waals surface area contributed by atoms with Gasteiger partial charge in [-0.25, -0.2) is 0 Å². The molecule has 2 aromatic rings. The fourth-order valence-corrected chi connectivity index (χ4v) is 2.51. The van der Waals surface area contributed by atoms with E-state index >= 15 is 0 Å². The van der Waals surface area contributed by atoms with Crippen molar-refractivity contribution in [3.8, 4) is 0 Å². The molecule has 7 heteroatoms. The Morgan fingerprint density at radius 2 is 2.04 bits per heavy atom. The van der Waals surface area contributed by atoms with E-state index in [-0.39, 0.29) is 23.9 Å². The molecule has 0 saturated heterocycles. The van der Waals surface area contributed by atoms with Crippen LogP contribution in [0.15, 0.2) is 36.4 Å². The summed E-state index contributed by atoms with van der Waals surface area (Å²) in [5.74, 6) is -0.435. The second-order valence-electron chi connectivity index (χ2n) is 5.31. The van der Waals surface area contributed by atoms with Crippen LogP contribution in [0, 0.1) is 17.0 Å². The number of benzene rings is 2. The molecule has 0 unspecified atom stereocenters. The number of carbonyl (C=O) groups is 2. The molecule has 1 aliphatic heterocycles. The van der Waals surface area contributed by atoms with Gasteiger partial charge in [-0.15, -0.1) is 0 Å². The number of hydrogen-bond donors (Lipinski definition) is 2. The summed E-state index contributed by atoms with van der Waals surface area (Å²) in [6.45, 7) is 1.58. The Hall–Kier alpha value is -3.22. The quantitative estimate of drug-likeness (QED) is 0.672. The van der Waals surface area contributed by atoms with Crippen LogP contribution in [0.3, 0.4) is 0 Å². The Balaban J connectivity index is 1.80. The first kappa shape index (κ1) is 14.7. The summed E-state index contributed by atoms with van der Waals surface area (Å²) in [4.78, 5) is 33.9. The topological polar surface area (TPSA) is 101 Å². The van der Waals surface area contributed by atoms with Gasteiger partial charge >= 0.3 is 0 Å². The van der Waals surface area contributed by atoms with E-state index in [0.29, 0.717) is 16.8 Å². The van der Waals surface area contributed by atoms with Gasteiger partial charge in [-0.3, -0.25) is 19.7 Å². The number of nitrogens with one attached hydrogen (secondary N) is 2. The minimum absolute atomic E-state index is 0.0244. The van der Waals surface area contributed by atoms with Crippen molar-refractivity contribution in [2.45, 2.75) is 13.3 Å². The average Bonchev–Trinajstić information content (AvgIpc) is 2.86. The van der Waals surface area contributed by atoms with Crippen molar-refractivity contribution >= 4 is 28.9 Å². The summed E-state index contributed by atoms with van der Waals surface area (Å²) in [7, 11) is 0. The highest BCUT2D eigenvalue weighted by molar-refractivity contribution is 6.05. The van der Waals surface area contributed by atoms with Gasteiger partial charge in [0.15, 0.2) is 0 Å². The molecular weight excluding hydrogens is 298 g/mol. The van der Waals surface area contributed by atoms with E-state index in [1.54, 1.807) is 25.1 Å². The van der Waals surface area contributed by atoms with E-state index in [2.05, 4.69) is 10.6 Å². The molecule has 0 atom stereocenters. The number of nitrogens with zero attached hydrogens (tertiary/aromatic N) is 1. The summed E-state index contributed by atoms with van der Waals surface area (Å²) in [5.41, 5.74) is 2.88. The van der Waals surface area contributed by atoms with Crippen LogP contribution in [0.4, 0.5) is 17.1 Å². The van der Waals surface area contributed by atoms with Gasteiger partial charge < -0.3 is 10.6 Å². The van der Waals surface area contributed by atoms with Crippen LogP contribution in [0.5, 0.6) is 0 Å². The summed E-state index contributed by atoms with van der Waals surface area (Å²) in [6, 6.07) is 9.38. The summed E-state index contributed by atoms with van der Waals surface area (Å²) in [6.07, 6.45) is 0.287. The predicted molar refractivity (Wildman–Crippen MR) is 84.6 cm³/mol. The van der Waals surface area contributed by atoms with Gasteiger partial charge in [-0.1, -0.05) is 0 Å². The standard InChI is InChI=1S/C16H13N3O4/c1-9-6-10(2-5-14(9)19(22)23)16(21)17-12-3-4-13-11(7-12)8-15(20)18-13/h2-7H,8H2,1H3,(H,17,21)(H,18,20). The fourth-order valence-electron chi connectivity index (χ4n) is 2.51. The van der Waals surface area contributed by atoms with E-state index in [9.17, 15) is 19.7 Å². The first-order valence-corrected chi connectivity index (χ1v) is 6.93. The second-order valence-corrected chi connectivity index (χ2v) is 5.31. The lowest BCUT2D eigenvalue weighted by molar-refractivity contribution is -0.385. The number of nitro groups is 1. The number of hydrogen-bond acceptors (Lipinski definition) is 4. The first-order valence-electron chi connectivity index (χ1n) is 6.93. The molecule has 2 aromatic carbocycles. The molecule has 3 rings (SSSR count). The number of anilines is 2. The molecule has 0 spiro atoms. The van der Waals surface area contributed by atoms with E-state index < -0.39 is 4.92 Å². The molecule has 2 N–H and O–H groups in total. The van der Waals surface area contributed by atoms with Crippen molar-refractivity contribution in [2.75, 3.05) is 10.6 Å². The zero-order valence-corrected chi connectivity index (χ0v) is 12.3. The molecule has 1 heterocycles. The largest absolute Gasteiger partial charge is 0.326 e. The van der Waals surface area contributed by atoms with Crippen molar-refractivity contribution < 1.29 is 14.5 Å². The second kappa shape index (κ2) is 5.53. The lowest BCUT2D eigenvalue weighted by Crippen LogP contribution is -2.12. The highest BCUT2D eigenvalue weighted by Crippen LogP contribution is 2.26. The molecule has 7 nitrogen and oxygen atoms in total. The fraction of sp³-hybridized carbons (Fsp3) is 0.125. The number of fused-ring (bicyclic) bond motifs is 1. The van der Waals surface area contributed by atoms with Crippen molar-refractivity contribution in [1.82, 2.24) is 0 Å². The predicted octanol–water partition coefficient (Wildman–Crippen LogP) is 2.65. The van der Waals surface area contributed by atoms with Crippen molar-refractivity contribution in [3.63, 3.8) is 0 Å². The lowest BCUT2D eigenvalue weighted by Gasteiger charge is -2.08. The van der Waals surface area contributed by atoms with Crippen LogP contribution < -0.4 is 10.6 Å². The van der Waals surface area contributed by atoms with Gasteiger partial charge in [0.25, 0.3) is 11.6 Å². The van der Waals surface area contributed by atoms with Crippen LogP contribution >= 0.6 is 0 Å². The molecule has 0 aliphatic carbocycles. The molecule has 1 aliphatic rings. The van der Waals surface area contributed by atoms with E-state index in [1.165, 1.54) is 18.2 Å². The third kappa shape index (κ3) is 2.89. The Kier molecular flexibility index (Phi) is 3.53. The maximum atomic E-state index is 12.2. The number of nitro benzene ring substituents is 1. The van der Waals surface area contributed by atoms with Gasteiger partial charge in [-0.05, 0) is 42.8 Å². The van der Waals surface area contributed by atoms with Gasteiger partial charge in [-0.2, -0.15) is 0 Å². The molecule has 0 aromatic heterocycles. The SMILES string of the molecule is Cc1cc(C(=O)Nc2ccc3c(c2)CC(=O)N3)ccc1[N+](=O)[O-]. The van der Waals surface area contributed by atoms with Crippen LogP contribution in [0.25, 0.3) is 0 Å². The number of rotatable bonds is 3. The minimum Gasteiger partial charge on any atom is -0.326 e. The summed E-state index contributed by atoms with van der Waals surface area (Å²) in [5, 5.41) is 16.2. The van der Waals surface area contributed by atoms with Crippen LogP contribution in [0.1, 0.15) is 21.5 Å². The molecule has 0 fully saturated rings. The molecule has 116 valence electrons. The Morgan fingerprint density at radius 1 is 1.26 bits per heavy atom. The molecule has 0 saturated carbocycles. The Labute approximate surface area is 131 Å². The van der Waals surface area contributed by atoms with Crippen molar-refractivity contribution in [2.24, 2.45) is 0 Å². The normalized spacial score (nSPS) is 12.5. The average molecular weight is 311 g/mol. The van der Waals surface area contributed by atoms with Crippen LogP contribution in [0.2, 0.25) is 0 Å². The van der Waals surface area contributed by atoms with Crippen LogP contribution in [-0.4, -0.2) is 16.7 Å². The molecule has 0 radical (unpaired) electrons. The zero-order valence-electron chi connectivity index (χ0n) is 12.3. The minimum atomic E-state index is -0.485. The van der Waals surface area contributed by atoms with Gasteiger partial charge in [0, 0.05) is 28.6 Å².